The number of nitrogens with one attached hydrogen (secondary N) is 1. The van der Waals surface area contributed by atoms with Crippen LogP contribution >= 0.6 is 0 Å². The number of carbonyl (C=O) groups is 2. The zero-order chi connectivity index (χ0) is 22.1. The third-order valence-corrected chi connectivity index (χ3v) is 5.62. The Balaban J connectivity index is 1.80. The second-order valence-corrected chi connectivity index (χ2v) is 8.25. The fraction of sp³-hybridized carbons (Fsp3) is 0.185. The van der Waals surface area contributed by atoms with Gasteiger partial charge in [-0.2, -0.15) is 0 Å². The van der Waals surface area contributed by atoms with Crippen molar-refractivity contribution in [2.24, 2.45) is 0 Å². The number of hydrogen-bond donors (Lipinski definition) is 1. The summed E-state index contributed by atoms with van der Waals surface area (Å²) >= 11 is 0. The van der Waals surface area contributed by atoms with Gasteiger partial charge in [-0.05, 0) is 60.2 Å². The van der Waals surface area contributed by atoms with Crippen LogP contribution in [-0.4, -0.2) is 11.8 Å². The van der Waals surface area contributed by atoms with Crippen molar-refractivity contribution in [3.8, 4) is 0 Å². The van der Waals surface area contributed by atoms with E-state index in [4.69, 9.17) is 0 Å². The number of benzene rings is 3. The molecule has 1 aliphatic heterocycles. The van der Waals surface area contributed by atoms with Gasteiger partial charge >= 0.3 is 0 Å². The maximum absolute atomic E-state index is 13.5. The highest BCUT2D eigenvalue weighted by Gasteiger charge is 2.40. The molecule has 0 atom stereocenters. The summed E-state index contributed by atoms with van der Waals surface area (Å²) in [5, 5.41) is 3.28. The lowest BCUT2D eigenvalue weighted by Crippen LogP contribution is -2.32. The first-order valence-corrected chi connectivity index (χ1v) is 10.5. The van der Waals surface area contributed by atoms with Crippen LogP contribution in [0.15, 0.2) is 78.5 Å². The van der Waals surface area contributed by atoms with E-state index in [0.717, 1.165) is 27.9 Å². The highest BCUT2D eigenvalue weighted by atomic mass is 16.2. The van der Waals surface area contributed by atoms with E-state index in [1.165, 1.54) is 4.90 Å². The van der Waals surface area contributed by atoms with Gasteiger partial charge in [-0.3, -0.25) is 9.59 Å². The number of carbonyl (C=O) groups excluding carboxylic acids is 2. The molecule has 0 spiro atoms. The Bertz CT molecular complexity index is 1180. The van der Waals surface area contributed by atoms with Crippen molar-refractivity contribution < 1.29 is 9.59 Å². The summed E-state index contributed by atoms with van der Waals surface area (Å²) in [5.41, 5.74) is 6.05. The zero-order valence-electron chi connectivity index (χ0n) is 18.3. The Kier molecular flexibility index (Phi) is 5.47. The lowest BCUT2D eigenvalue weighted by Gasteiger charge is -2.17. The van der Waals surface area contributed by atoms with Gasteiger partial charge in [-0.25, -0.2) is 4.90 Å². The Morgan fingerprint density at radius 2 is 1.48 bits per heavy atom. The monoisotopic (exact) mass is 410 g/mol. The maximum Gasteiger partial charge on any atom is 0.282 e. The molecule has 3 aromatic carbocycles. The Morgan fingerprint density at radius 1 is 0.806 bits per heavy atom. The molecule has 3 aromatic rings. The van der Waals surface area contributed by atoms with Crippen molar-refractivity contribution in [2.45, 2.75) is 33.6 Å². The molecule has 4 rings (SSSR count). The standard InChI is InChI=1S/C27H26N2O2/c1-17(2)20-12-14-22(15-13-20)29-26(30)24(21-8-6-5-7-9-21)25(27(29)31)28-23-16-18(3)10-11-19(23)4/h5-17,28H,1-4H3. The van der Waals surface area contributed by atoms with Crippen molar-refractivity contribution in [2.75, 3.05) is 10.2 Å². The van der Waals surface area contributed by atoms with E-state index in [1.54, 1.807) is 0 Å². The van der Waals surface area contributed by atoms with E-state index < -0.39 is 0 Å². The van der Waals surface area contributed by atoms with Crippen LogP contribution in [-0.2, 0) is 9.59 Å². The van der Waals surface area contributed by atoms with Crippen molar-refractivity contribution >= 4 is 28.8 Å². The molecular formula is C27H26N2O2. The van der Waals surface area contributed by atoms with Gasteiger partial charge < -0.3 is 5.32 Å². The lowest BCUT2D eigenvalue weighted by molar-refractivity contribution is -0.120. The van der Waals surface area contributed by atoms with Gasteiger partial charge in [0.05, 0.1) is 11.3 Å². The van der Waals surface area contributed by atoms with Crippen molar-refractivity contribution in [3.63, 3.8) is 0 Å². The van der Waals surface area contributed by atoms with Gasteiger partial charge in [-0.15, -0.1) is 0 Å². The predicted molar refractivity (Wildman–Crippen MR) is 126 cm³/mol. The third kappa shape index (κ3) is 3.89. The number of nitrogens with zero attached hydrogens (tertiary/aromatic N) is 1. The summed E-state index contributed by atoms with van der Waals surface area (Å²) < 4.78 is 0. The minimum Gasteiger partial charge on any atom is -0.350 e. The molecule has 4 heteroatoms. The first-order chi connectivity index (χ1) is 14.9. The summed E-state index contributed by atoms with van der Waals surface area (Å²) in [5.74, 6) is -0.290. The molecule has 4 nitrogen and oxygen atoms in total. The summed E-state index contributed by atoms with van der Waals surface area (Å²) in [4.78, 5) is 28.3. The molecule has 31 heavy (non-hydrogen) atoms. The van der Waals surface area contributed by atoms with Gasteiger partial charge in [0.15, 0.2) is 0 Å². The SMILES string of the molecule is Cc1ccc(C)c(NC2=C(c3ccccc3)C(=O)N(c3ccc(C(C)C)cc3)C2=O)c1. The highest BCUT2D eigenvalue weighted by molar-refractivity contribution is 6.46. The molecule has 0 saturated heterocycles. The molecule has 0 bridgehead atoms. The molecular weight excluding hydrogens is 384 g/mol. The molecule has 0 unspecified atom stereocenters. The van der Waals surface area contributed by atoms with E-state index in [-0.39, 0.29) is 11.8 Å². The van der Waals surface area contributed by atoms with Crippen LogP contribution in [0.5, 0.6) is 0 Å². The Labute approximate surface area is 183 Å². The third-order valence-electron chi connectivity index (χ3n) is 5.62. The largest absolute Gasteiger partial charge is 0.350 e. The smallest absolute Gasteiger partial charge is 0.282 e. The molecule has 156 valence electrons. The van der Waals surface area contributed by atoms with Gasteiger partial charge in [0.2, 0.25) is 0 Å². The summed E-state index contributed by atoms with van der Waals surface area (Å²) in [6.07, 6.45) is 0. The fourth-order valence-corrected chi connectivity index (χ4v) is 3.77. The average Bonchev–Trinajstić information content (AvgIpc) is 3.01. The van der Waals surface area contributed by atoms with E-state index >= 15 is 0 Å². The Hall–Kier alpha value is -3.66. The Morgan fingerprint density at radius 3 is 2.13 bits per heavy atom. The first-order valence-electron chi connectivity index (χ1n) is 10.5. The van der Waals surface area contributed by atoms with Crippen LogP contribution in [0.25, 0.3) is 5.57 Å². The number of anilines is 2. The topological polar surface area (TPSA) is 49.4 Å². The maximum atomic E-state index is 13.5. The lowest BCUT2D eigenvalue weighted by atomic mass is 10.0. The van der Waals surface area contributed by atoms with E-state index in [1.807, 2.05) is 86.6 Å². The number of hydrogen-bond acceptors (Lipinski definition) is 3. The number of rotatable bonds is 5. The van der Waals surface area contributed by atoms with Crippen molar-refractivity contribution in [3.05, 3.63) is 101 Å². The zero-order valence-corrected chi connectivity index (χ0v) is 18.3. The average molecular weight is 411 g/mol. The van der Waals surface area contributed by atoms with Crippen LogP contribution in [0.3, 0.4) is 0 Å². The second kappa shape index (κ2) is 8.23. The molecule has 1 aliphatic rings. The number of imide groups is 1. The molecule has 0 aliphatic carbocycles. The van der Waals surface area contributed by atoms with E-state index in [0.29, 0.717) is 22.9 Å². The predicted octanol–water partition coefficient (Wildman–Crippen LogP) is 5.82. The van der Waals surface area contributed by atoms with Gasteiger partial charge in [-0.1, -0.05) is 68.4 Å². The van der Waals surface area contributed by atoms with Gasteiger partial charge in [0, 0.05) is 5.69 Å². The van der Waals surface area contributed by atoms with Crippen LogP contribution in [0.4, 0.5) is 11.4 Å². The molecule has 0 aromatic heterocycles. The normalized spacial score (nSPS) is 14.0. The van der Waals surface area contributed by atoms with Crippen LogP contribution in [0, 0.1) is 13.8 Å². The van der Waals surface area contributed by atoms with Crippen molar-refractivity contribution in [1.29, 1.82) is 0 Å². The van der Waals surface area contributed by atoms with E-state index in [9.17, 15) is 9.59 Å². The molecule has 2 amide bonds. The van der Waals surface area contributed by atoms with Crippen LogP contribution in [0.1, 0.15) is 42.0 Å². The van der Waals surface area contributed by atoms with Gasteiger partial charge in [0.1, 0.15) is 5.70 Å². The molecule has 0 fully saturated rings. The molecule has 1 heterocycles. The molecule has 1 N–H and O–H groups in total. The molecule has 0 radical (unpaired) electrons. The highest BCUT2D eigenvalue weighted by Crippen LogP contribution is 2.34. The van der Waals surface area contributed by atoms with Crippen LogP contribution in [0.2, 0.25) is 0 Å². The summed E-state index contributed by atoms with van der Waals surface area (Å²) in [6, 6.07) is 23.0. The number of amides is 2. The van der Waals surface area contributed by atoms with E-state index in [2.05, 4.69) is 19.2 Å². The quantitative estimate of drug-likeness (QED) is 0.539. The second-order valence-electron chi connectivity index (χ2n) is 8.25. The first kappa shape index (κ1) is 20.6. The summed E-state index contributed by atoms with van der Waals surface area (Å²) in [6.45, 7) is 8.21. The number of aryl methyl sites for hydroxylation is 2. The van der Waals surface area contributed by atoms with Gasteiger partial charge in [0.25, 0.3) is 11.8 Å². The summed E-state index contributed by atoms with van der Waals surface area (Å²) in [7, 11) is 0. The minimum absolute atomic E-state index is 0.304. The van der Waals surface area contributed by atoms with Crippen LogP contribution < -0.4 is 10.2 Å². The van der Waals surface area contributed by atoms with Crippen molar-refractivity contribution in [1.82, 2.24) is 0 Å². The molecule has 0 saturated carbocycles. The minimum atomic E-state index is -0.345. The fourth-order valence-electron chi connectivity index (χ4n) is 3.77.